The van der Waals surface area contributed by atoms with Crippen molar-refractivity contribution in [3.8, 4) is 11.5 Å². The number of nitrogens with zero attached hydrogens (tertiary/aromatic N) is 1. The van der Waals surface area contributed by atoms with Crippen LogP contribution in [0.2, 0.25) is 0 Å². The van der Waals surface area contributed by atoms with Crippen LogP contribution in [0, 0.1) is 6.92 Å². The van der Waals surface area contributed by atoms with Crippen molar-refractivity contribution in [2.75, 3.05) is 14.2 Å². The highest BCUT2D eigenvalue weighted by Crippen LogP contribution is 2.28. The molecule has 0 heterocycles. The highest BCUT2D eigenvalue weighted by Gasteiger charge is 2.28. The molecule has 0 aliphatic heterocycles. The molecular weight excluding hydrogens is 404 g/mol. The lowest BCUT2D eigenvalue weighted by Gasteiger charge is -2.31. The molecule has 1 atom stereocenters. The number of rotatable bonds is 9. The molecule has 0 saturated carbocycles. The summed E-state index contributed by atoms with van der Waals surface area (Å²) in [6.45, 7) is 9.98. The van der Waals surface area contributed by atoms with Gasteiger partial charge in [-0.2, -0.15) is 0 Å². The number of carbonyl (C=O) groups is 2. The van der Waals surface area contributed by atoms with Crippen LogP contribution in [-0.4, -0.2) is 42.5 Å². The Labute approximate surface area is 191 Å². The quantitative estimate of drug-likeness (QED) is 0.632. The molecule has 2 rings (SSSR count). The summed E-state index contributed by atoms with van der Waals surface area (Å²) >= 11 is 0. The molecule has 2 amide bonds. The first-order chi connectivity index (χ1) is 15.0. The molecule has 6 nitrogen and oxygen atoms in total. The monoisotopic (exact) mass is 440 g/mol. The van der Waals surface area contributed by atoms with Gasteiger partial charge in [-0.15, -0.1) is 0 Å². The molecular formula is C26H36N2O4. The Kier molecular flexibility index (Phi) is 8.70. The number of hydrogen-bond donors (Lipinski definition) is 1. The maximum Gasteiger partial charge on any atom is 0.242 e. The van der Waals surface area contributed by atoms with Gasteiger partial charge in [-0.1, -0.05) is 35.9 Å². The maximum absolute atomic E-state index is 13.3. The molecule has 1 N–H and O–H groups in total. The van der Waals surface area contributed by atoms with E-state index in [0.29, 0.717) is 24.5 Å². The lowest BCUT2D eigenvalue weighted by Crippen LogP contribution is -2.52. The topological polar surface area (TPSA) is 67.9 Å². The largest absolute Gasteiger partial charge is 0.493 e. The molecule has 174 valence electrons. The smallest absolute Gasteiger partial charge is 0.242 e. The Hall–Kier alpha value is -3.02. The van der Waals surface area contributed by atoms with E-state index in [9.17, 15) is 9.59 Å². The molecule has 0 radical (unpaired) electrons. The SMILES string of the molecule is COc1ccc(CCC(=O)N(Cc2ccc(C)cc2)C(C)C(=O)NC(C)(C)C)cc1OC. The standard InChI is InChI=1S/C26H36N2O4/c1-18-8-10-21(11-9-18)17-28(19(2)25(30)27-26(3,4)5)24(29)15-13-20-12-14-22(31-6)23(16-20)32-7/h8-12,14,16,19H,13,15,17H2,1-7H3,(H,27,30). The van der Waals surface area contributed by atoms with Crippen LogP contribution in [-0.2, 0) is 22.6 Å². The second-order valence-corrected chi connectivity index (χ2v) is 9.11. The van der Waals surface area contributed by atoms with Crippen molar-refractivity contribution in [2.45, 2.75) is 65.6 Å². The Balaban J connectivity index is 2.18. The summed E-state index contributed by atoms with van der Waals surface area (Å²) in [6.07, 6.45) is 0.825. The van der Waals surface area contributed by atoms with Crippen molar-refractivity contribution in [3.63, 3.8) is 0 Å². The van der Waals surface area contributed by atoms with Gasteiger partial charge < -0.3 is 19.7 Å². The summed E-state index contributed by atoms with van der Waals surface area (Å²) in [7, 11) is 3.18. The van der Waals surface area contributed by atoms with E-state index in [-0.39, 0.29) is 23.8 Å². The van der Waals surface area contributed by atoms with Gasteiger partial charge in [-0.05, 0) is 64.3 Å². The zero-order valence-corrected chi connectivity index (χ0v) is 20.3. The van der Waals surface area contributed by atoms with E-state index in [0.717, 1.165) is 16.7 Å². The van der Waals surface area contributed by atoms with E-state index in [1.165, 1.54) is 0 Å². The minimum atomic E-state index is -0.589. The van der Waals surface area contributed by atoms with Crippen molar-refractivity contribution >= 4 is 11.8 Å². The molecule has 2 aromatic carbocycles. The lowest BCUT2D eigenvalue weighted by atomic mass is 10.1. The number of methoxy groups -OCH3 is 2. The molecule has 0 aliphatic carbocycles. The van der Waals surface area contributed by atoms with Gasteiger partial charge >= 0.3 is 0 Å². The number of aryl methyl sites for hydroxylation is 2. The summed E-state index contributed by atoms with van der Waals surface area (Å²) < 4.78 is 10.6. The first-order valence-corrected chi connectivity index (χ1v) is 10.9. The van der Waals surface area contributed by atoms with E-state index in [1.54, 1.807) is 26.0 Å². The Morgan fingerprint density at radius 2 is 1.56 bits per heavy atom. The van der Waals surface area contributed by atoms with Gasteiger partial charge in [-0.3, -0.25) is 9.59 Å². The van der Waals surface area contributed by atoms with Gasteiger partial charge in [0.15, 0.2) is 11.5 Å². The molecule has 0 aromatic heterocycles. The molecule has 0 saturated heterocycles. The average molecular weight is 441 g/mol. The molecule has 1 unspecified atom stereocenters. The van der Waals surface area contributed by atoms with Gasteiger partial charge in [0.1, 0.15) is 6.04 Å². The zero-order valence-electron chi connectivity index (χ0n) is 20.3. The predicted molar refractivity (Wildman–Crippen MR) is 127 cm³/mol. The summed E-state index contributed by atoms with van der Waals surface area (Å²) in [6, 6.07) is 13.1. The molecule has 0 fully saturated rings. The Morgan fingerprint density at radius 1 is 0.969 bits per heavy atom. The van der Waals surface area contributed by atoms with Gasteiger partial charge in [0.05, 0.1) is 14.2 Å². The van der Waals surface area contributed by atoms with Crippen LogP contribution < -0.4 is 14.8 Å². The van der Waals surface area contributed by atoms with Crippen molar-refractivity contribution < 1.29 is 19.1 Å². The summed E-state index contributed by atoms with van der Waals surface area (Å²) in [5.74, 6) is 1.05. The van der Waals surface area contributed by atoms with E-state index in [2.05, 4.69) is 5.32 Å². The zero-order chi connectivity index (χ0) is 23.9. The van der Waals surface area contributed by atoms with Crippen molar-refractivity contribution in [2.24, 2.45) is 0 Å². The molecule has 32 heavy (non-hydrogen) atoms. The van der Waals surface area contributed by atoms with Crippen molar-refractivity contribution in [3.05, 3.63) is 59.2 Å². The second kappa shape index (κ2) is 11.0. The van der Waals surface area contributed by atoms with E-state index < -0.39 is 6.04 Å². The fourth-order valence-electron chi connectivity index (χ4n) is 3.38. The predicted octanol–water partition coefficient (Wildman–Crippen LogP) is 4.28. The molecule has 6 heteroatoms. The molecule has 0 bridgehead atoms. The number of benzene rings is 2. The number of nitrogens with one attached hydrogen (secondary N) is 1. The van der Waals surface area contributed by atoms with Crippen molar-refractivity contribution in [1.82, 2.24) is 10.2 Å². The fourth-order valence-corrected chi connectivity index (χ4v) is 3.38. The van der Waals surface area contributed by atoms with Crippen LogP contribution in [0.25, 0.3) is 0 Å². The summed E-state index contributed by atoms with van der Waals surface area (Å²) in [4.78, 5) is 27.8. The van der Waals surface area contributed by atoms with E-state index in [1.807, 2.05) is 70.2 Å². The van der Waals surface area contributed by atoms with E-state index in [4.69, 9.17) is 9.47 Å². The van der Waals surface area contributed by atoms with Crippen LogP contribution in [0.3, 0.4) is 0 Å². The normalized spacial score (nSPS) is 12.1. The number of carbonyl (C=O) groups excluding carboxylic acids is 2. The minimum absolute atomic E-state index is 0.0723. The van der Waals surface area contributed by atoms with Gasteiger partial charge in [0.2, 0.25) is 11.8 Å². The molecule has 0 spiro atoms. The van der Waals surface area contributed by atoms with E-state index >= 15 is 0 Å². The third-order valence-electron chi connectivity index (χ3n) is 5.21. The van der Waals surface area contributed by atoms with Crippen LogP contribution >= 0.6 is 0 Å². The highest BCUT2D eigenvalue weighted by molar-refractivity contribution is 5.87. The average Bonchev–Trinajstić information content (AvgIpc) is 2.75. The third-order valence-corrected chi connectivity index (χ3v) is 5.21. The maximum atomic E-state index is 13.3. The van der Waals surface area contributed by atoms with Crippen molar-refractivity contribution in [1.29, 1.82) is 0 Å². The second-order valence-electron chi connectivity index (χ2n) is 9.11. The summed E-state index contributed by atoms with van der Waals surface area (Å²) in [5, 5.41) is 2.99. The fraction of sp³-hybridized carbons (Fsp3) is 0.462. The van der Waals surface area contributed by atoms with Gasteiger partial charge in [-0.25, -0.2) is 0 Å². The van der Waals surface area contributed by atoms with Crippen LogP contribution in [0.15, 0.2) is 42.5 Å². The van der Waals surface area contributed by atoms with Crippen LogP contribution in [0.5, 0.6) is 11.5 Å². The first kappa shape index (κ1) is 25.2. The minimum Gasteiger partial charge on any atom is -0.493 e. The Bertz CT molecular complexity index is 916. The first-order valence-electron chi connectivity index (χ1n) is 10.9. The Morgan fingerprint density at radius 3 is 2.12 bits per heavy atom. The third kappa shape index (κ3) is 7.29. The van der Waals surface area contributed by atoms with Gasteiger partial charge in [0, 0.05) is 18.5 Å². The highest BCUT2D eigenvalue weighted by atomic mass is 16.5. The van der Waals surface area contributed by atoms with Crippen LogP contribution in [0.1, 0.15) is 50.8 Å². The lowest BCUT2D eigenvalue weighted by molar-refractivity contribution is -0.141. The number of ether oxygens (including phenoxy) is 2. The molecule has 2 aromatic rings. The number of hydrogen-bond acceptors (Lipinski definition) is 4. The molecule has 0 aliphatic rings. The van der Waals surface area contributed by atoms with Crippen LogP contribution in [0.4, 0.5) is 0 Å². The van der Waals surface area contributed by atoms with Gasteiger partial charge in [0.25, 0.3) is 0 Å². The summed E-state index contributed by atoms with van der Waals surface area (Å²) in [5.41, 5.74) is 2.74. The number of amides is 2.